The van der Waals surface area contributed by atoms with Gasteiger partial charge in [-0.3, -0.25) is 57.8 Å². The lowest BCUT2D eigenvalue weighted by molar-refractivity contribution is -0.152. The number of nitrogens with zero attached hydrogens (tertiary/aromatic N) is 6. The molecule has 1 fully saturated rings. The number of imide groups is 1. The standard InChI is InChI=1S/C60H74N10O14/c1-37(2)46(30-45(72)16-22-82-24-23-81-19-8-11-44(71)15-18-69-54(74)13-14-55(69)75)60(80)84-21-10-17-61-56(76)49-28-41(35-66(49)5)64-58(78)51-29-42(36-68(51)7)65-57(77)50-27-40(34-67(50)6)63-53(73)12-9-20-83-52-31-48-47(26-39(52)4)59(79)70-33-38(3)25-43(70)32-62-48/h13-14,26-29,31-32,34-37,43,46H,3,8-12,15-25,30,33H2,1-2,4-7H3,(H,61,76)(H,63,73)(H,64,78)(H,65,77)/t43-,46-/m0/s1. The number of Topliss-reactive ketones (excluding diaryl/α,β-unsaturated/α-hetero) is 2. The van der Waals surface area contributed by atoms with Gasteiger partial charge in [-0.15, -0.1) is 0 Å². The van der Waals surface area contributed by atoms with Gasteiger partial charge >= 0.3 is 5.97 Å². The van der Waals surface area contributed by atoms with Gasteiger partial charge in [0, 0.05) is 123 Å². The Hall–Kier alpha value is -8.77. The fraction of sp³-hybridized carbons (Fsp3) is 0.450. The number of esters is 1. The summed E-state index contributed by atoms with van der Waals surface area (Å²) in [7, 11) is 4.96. The lowest BCUT2D eigenvalue weighted by Gasteiger charge is -2.20. The van der Waals surface area contributed by atoms with Crippen LogP contribution in [0, 0.1) is 18.8 Å². The highest BCUT2D eigenvalue weighted by Crippen LogP contribution is 2.35. The number of anilines is 3. The zero-order valence-electron chi connectivity index (χ0n) is 48.4. The number of benzene rings is 1. The molecule has 24 nitrogen and oxygen atoms in total. The van der Waals surface area contributed by atoms with E-state index in [4.69, 9.17) is 18.9 Å². The van der Waals surface area contributed by atoms with Crippen LogP contribution in [0.15, 0.2) is 78.2 Å². The van der Waals surface area contributed by atoms with Crippen molar-refractivity contribution in [2.75, 3.05) is 75.2 Å². The molecule has 0 bridgehead atoms. The number of ether oxygens (including phenoxy) is 4. The van der Waals surface area contributed by atoms with Crippen LogP contribution in [-0.4, -0.2) is 154 Å². The maximum Gasteiger partial charge on any atom is 0.309 e. The Morgan fingerprint density at radius 3 is 1.90 bits per heavy atom. The molecule has 3 aliphatic rings. The lowest BCUT2D eigenvalue weighted by atomic mass is 9.90. The van der Waals surface area contributed by atoms with Crippen LogP contribution in [0.2, 0.25) is 0 Å². The average molecular weight is 1160 g/mol. The third-order valence-electron chi connectivity index (χ3n) is 14.3. The van der Waals surface area contributed by atoms with Crippen LogP contribution in [0.4, 0.5) is 22.7 Å². The molecule has 0 unspecified atom stereocenters. The number of aryl methyl sites for hydroxylation is 4. The van der Waals surface area contributed by atoms with Crippen LogP contribution in [0.1, 0.15) is 119 Å². The first-order valence-electron chi connectivity index (χ1n) is 28.0. The maximum absolute atomic E-state index is 13.5. The van der Waals surface area contributed by atoms with Crippen LogP contribution in [0.25, 0.3) is 0 Å². The number of hydrogen-bond acceptors (Lipinski definition) is 15. The summed E-state index contributed by atoms with van der Waals surface area (Å²) in [6, 6.07) is 8.00. The molecular weight excluding hydrogens is 1080 g/mol. The van der Waals surface area contributed by atoms with Crippen LogP contribution in [-0.2, 0) is 64.1 Å². The number of ketones is 2. The van der Waals surface area contributed by atoms with E-state index >= 15 is 0 Å². The summed E-state index contributed by atoms with van der Waals surface area (Å²) >= 11 is 0. The molecule has 0 saturated carbocycles. The van der Waals surface area contributed by atoms with E-state index in [9.17, 15) is 47.9 Å². The number of aliphatic imine (C=N–C) groups is 1. The smallest absolute Gasteiger partial charge is 0.309 e. The highest BCUT2D eigenvalue weighted by Gasteiger charge is 2.34. The third kappa shape index (κ3) is 17.2. The van der Waals surface area contributed by atoms with Crippen molar-refractivity contribution in [2.24, 2.45) is 38.0 Å². The molecular formula is C60H74N10O14. The molecule has 448 valence electrons. The Balaban J connectivity index is 0.752. The van der Waals surface area contributed by atoms with E-state index in [0.717, 1.165) is 16.0 Å². The number of aromatic nitrogens is 3. The monoisotopic (exact) mass is 1160 g/mol. The minimum absolute atomic E-state index is 0.00956. The predicted molar refractivity (Wildman–Crippen MR) is 310 cm³/mol. The molecule has 1 aromatic carbocycles. The molecule has 0 aliphatic carbocycles. The molecule has 2 atom stereocenters. The Morgan fingerprint density at radius 2 is 1.27 bits per heavy atom. The van der Waals surface area contributed by atoms with Crippen LogP contribution >= 0.6 is 0 Å². The van der Waals surface area contributed by atoms with Crippen molar-refractivity contribution < 1.29 is 66.9 Å². The fourth-order valence-electron chi connectivity index (χ4n) is 9.70. The average Bonchev–Trinajstić information content (AvgIpc) is 3.36. The first-order valence-corrected chi connectivity index (χ1v) is 28.0. The van der Waals surface area contributed by atoms with E-state index in [-0.39, 0.29) is 131 Å². The Kier molecular flexibility index (Phi) is 22.0. The second-order valence-corrected chi connectivity index (χ2v) is 21.3. The van der Waals surface area contributed by atoms with Crippen LogP contribution < -0.4 is 26.0 Å². The van der Waals surface area contributed by atoms with E-state index in [1.807, 2.05) is 20.8 Å². The first kappa shape index (κ1) is 62.8. The van der Waals surface area contributed by atoms with Crippen molar-refractivity contribution >= 4 is 87.9 Å². The zero-order valence-corrected chi connectivity index (χ0v) is 48.4. The summed E-state index contributed by atoms with van der Waals surface area (Å²) < 4.78 is 27.2. The summed E-state index contributed by atoms with van der Waals surface area (Å²) in [6.07, 6.45) is 11.4. The molecule has 3 aromatic heterocycles. The molecule has 1 saturated heterocycles. The second kappa shape index (κ2) is 29.5. The van der Waals surface area contributed by atoms with Gasteiger partial charge in [0.25, 0.3) is 35.4 Å². The summed E-state index contributed by atoms with van der Waals surface area (Å²) in [4.78, 5) is 135. The van der Waals surface area contributed by atoms with Gasteiger partial charge in [-0.05, 0) is 68.4 Å². The van der Waals surface area contributed by atoms with Crippen molar-refractivity contribution in [3.63, 3.8) is 0 Å². The Bertz CT molecular complexity index is 3220. The minimum atomic E-state index is -0.657. The molecule has 24 heteroatoms. The first-order chi connectivity index (χ1) is 40.1. The number of nitrogens with one attached hydrogen (secondary N) is 4. The molecule has 3 aliphatic heterocycles. The van der Waals surface area contributed by atoms with Gasteiger partial charge < -0.3 is 58.8 Å². The number of carbonyl (C=O) groups is 10. The van der Waals surface area contributed by atoms with Crippen molar-refractivity contribution in [2.45, 2.75) is 84.6 Å². The molecule has 0 spiro atoms. The van der Waals surface area contributed by atoms with Crippen molar-refractivity contribution in [3.8, 4) is 5.75 Å². The summed E-state index contributed by atoms with van der Waals surface area (Å²) in [5, 5.41) is 11.2. The number of rotatable bonds is 32. The lowest BCUT2D eigenvalue weighted by Crippen LogP contribution is -2.35. The molecule has 7 amide bonds. The fourth-order valence-corrected chi connectivity index (χ4v) is 9.70. The third-order valence-corrected chi connectivity index (χ3v) is 14.3. The minimum Gasteiger partial charge on any atom is -0.493 e. The van der Waals surface area contributed by atoms with Gasteiger partial charge in [-0.25, -0.2) is 0 Å². The van der Waals surface area contributed by atoms with Crippen molar-refractivity contribution in [3.05, 3.63) is 101 Å². The normalized spacial score (nSPS) is 14.8. The van der Waals surface area contributed by atoms with Crippen molar-refractivity contribution in [1.29, 1.82) is 0 Å². The van der Waals surface area contributed by atoms with E-state index in [2.05, 4.69) is 32.8 Å². The van der Waals surface area contributed by atoms with Crippen molar-refractivity contribution in [1.82, 2.24) is 28.8 Å². The largest absolute Gasteiger partial charge is 0.493 e. The van der Waals surface area contributed by atoms with E-state index in [0.29, 0.717) is 72.9 Å². The number of amides is 7. The topological polar surface area (TPSA) is 289 Å². The number of hydrogen-bond donors (Lipinski definition) is 4. The SMILES string of the molecule is C=C1C[C@H]2C=Nc3cc(OCCCC(=O)Nc4cc(C(=O)Nc5cc(C(=O)Nc6cc(C(=O)NCCCOC(=O)[C@@H](CC(=O)CCOCCOCCCC(=O)CCN7C(=O)C=CC7=O)C(C)C)n(C)c6)n(C)c5)n(C)c4)c(C)cc3C(=O)N2C1. The molecule has 84 heavy (non-hydrogen) atoms. The molecule has 6 heterocycles. The highest BCUT2D eigenvalue weighted by molar-refractivity contribution is 6.13. The highest BCUT2D eigenvalue weighted by atomic mass is 16.5. The number of fused-ring (bicyclic) bond motifs is 2. The molecule has 4 N–H and O–H groups in total. The van der Waals surface area contributed by atoms with Crippen LogP contribution in [0.5, 0.6) is 5.75 Å². The Labute approximate surface area is 486 Å². The second-order valence-electron chi connectivity index (χ2n) is 21.3. The van der Waals surface area contributed by atoms with Gasteiger partial charge in [-0.1, -0.05) is 26.0 Å². The molecule has 0 radical (unpaired) electrons. The van der Waals surface area contributed by atoms with E-state index in [1.54, 1.807) is 82.7 Å². The van der Waals surface area contributed by atoms with Gasteiger partial charge in [0.05, 0.1) is 73.3 Å². The Morgan fingerprint density at radius 1 is 0.679 bits per heavy atom. The van der Waals surface area contributed by atoms with Crippen LogP contribution in [0.3, 0.4) is 0 Å². The quantitative estimate of drug-likeness (QED) is 0.0195. The summed E-state index contributed by atoms with van der Waals surface area (Å²) in [5.41, 5.74) is 4.66. The number of carbonyl (C=O) groups excluding carboxylic acids is 10. The summed E-state index contributed by atoms with van der Waals surface area (Å²) in [5.74, 6) is -3.57. The maximum atomic E-state index is 13.5. The molecule has 7 rings (SSSR count). The van der Waals surface area contributed by atoms with Gasteiger partial charge in [0.15, 0.2) is 0 Å². The van der Waals surface area contributed by atoms with E-state index < -0.39 is 41.4 Å². The van der Waals surface area contributed by atoms with Gasteiger partial charge in [0.2, 0.25) is 5.91 Å². The van der Waals surface area contributed by atoms with Gasteiger partial charge in [0.1, 0.15) is 34.4 Å². The predicted octanol–water partition coefficient (Wildman–Crippen LogP) is 5.78. The van der Waals surface area contributed by atoms with Gasteiger partial charge in [-0.2, -0.15) is 0 Å². The molecule has 4 aromatic rings. The zero-order chi connectivity index (χ0) is 60.6. The summed E-state index contributed by atoms with van der Waals surface area (Å²) in [6.45, 7) is 11.5. The van der Waals surface area contributed by atoms with E-state index in [1.165, 1.54) is 24.3 Å².